The van der Waals surface area contributed by atoms with Crippen LogP contribution in [0.15, 0.2) is 30.3 Å². The Labute approximate surface area is 235 Å². The molecule has 0 saturated carbocycles. The van der Waals surface area contributed by atoms with Crippen molar-refractivity contribution in [1.82, 2.24) is 4.72 Å². The minimum absolute atomic E-state index is 0.0551. The third-order valence-corrected chi connectivity index (χ3v) is 7.65. The fourth-order valence-corrected chi connectivity index (χ4v) is 5.46. The van der Waals surface area contributed by atoms with E-state index in [0.29, 0.717) is 17.0 Å². The van der Waals surface area contributed by atoms with Crippen LogP contribution >= 0.6 is 0 Å². The van der Waals surface area contributed by atoms with E-state index >= 15 is 0 Å². The van der Waals surface area contributed by atoms with Gasteiger partial charge in [0.1, 0.15) is 0 Å². The third-order valence-electron chi connectivity index (χ3n) is 6.78. The number of allylic oxidation sites excluding steroid dienone is 1. The summed E-state index contributed by atoms with van der Waals surface area (Å²) in [6.45, 7) is 20.4. The second kappa shape index (κ2) is 13.3. The minimum Gasteiger partial charge on any atom is -0.366 e. The Morgan fingerprint density at radius 3 is 1.67 bits per heavy atom. The molecule has 0 aliphatic heterocycles. The maximum absolute atomic E-state index is 13.2. The number of nitrogens with zero attached hydrogens (tertiary/aromatic N) is 1. The van der Waals surface area contributed by atoms with Gasteiger partial charge in [-0.1, -0.05) is 81.4 Å². The molecule has 0 radical (unpaired) electrons. The van der Waals surface area contributed by atoms with Crippen molar-refractivity contribution >= 4 is 22.3 Å². The van der Waals surface area contributed by atoms with Gasteiger partial charge in [-0.2, -0.15) is 13.7 Å². The highest BCUT2D eigenvalue weighted by atomic mass is 32.2. The summed E-state index contributed by atoms with van der Waals surface area (Å²) in [4.78, 5) is 13.2. The number of nitrogens with one attached hydrogen (secondary N) is 1. The summed E-state index contributed by atoms with van der Waals surface area (Å²) in [5, 5.41) is 8.93. The Balaban J connectivity index is 2.47. The molecule has 0 bridgehead atoms. The Morgan fingerprint density at radius 1 is 0.821 bits per heavy atom. The lowest BCUT2D eigenvalue weighted by Crippen LogP contribution is -2.36. The molecule has 0 heterocycles. The molecule has 0 aromatic heterocycles. The summed E-state index contributed by atoms with van der Waals surface area (Å²) >= 11 is 0. The Bertz CT molecular complexity index is 1300. The molecule has 6 nitrogen and oxygen atoms in total. The maximum Gasteiger partial charge on any atom is 0.409 e. The standard InChI is InChI=1S/C32H44N2O4S/c1-19(2)25-16-26(20(3)4)30(27(17-25)21(5)6)18-31(35)34-39(36,37)38-32-28(22(7)8)14-24(12-11-13-33)15-29(32)23(9)10/h11-12,14-17,19-23H,18H2,1-10H3,(H,34,35). The van der Waals surface area contributed by atoms with Crippen LogP contribution in [0.25, 0.3) is 6.08 Å². The normalized spacial score (nSPS) is 12.3. The summed E-state index contributed by atoms with van der Waals surface area (Å²) in [6.07, 6.45) is 3.00. The molecular weight excluding hydrogens is 508 g/mol. The highest BCUT2D eigenvalue weighted by Gasteiger charge is 2.26. The Morgan fingerprint density at radius 2 is 1.28 bits per heavy atom. The van der Waals surface area contributed by atoms with Gasteiger partial charge in [0, 0.05) is 6.08 Å². The Kier molecular flexibility index (Phi) is 10.9. The van der Waals surface area contributed by atoms with Crippen LogP contribution in [0.2, 0.25) is 0 Å². The van der Waals surface area contributed by atoms with Crippen molar-refractivity contribution in [1.29, 1.82) is 5.26 Å². The molecule has 0 saturated heterocycles. The zero-order valence-electron chi connectivity index (χ0n) is 25.0. The van der Waals surface area contributed by atoms with Gasteiger partial charge in [0.2, 0.25) is 5.91 Å². The van der Waals surface area contributed by atoms with E-state index in [1.807, 2.05) is 45.9 Å². The van der Waals surface area contributed by atoms with Gasteiger partial charge in [-0.15, -0.1) is 0 Å². The highest BCUT2D eigenvalue weighted by Crippen LogP contribution is 2.37. The van der Waals surface area contributed by atoms with Crippen LogP contribution in [0.4, 0.5) is 0 Å². The second-order valence-corrected chi connectivity index (χ2v) is 13.0. The number of benzene rings is 2. The van der Waals surface area contributed by atoms with E-state index in [-0.39, 0.29) is 35.8 Å². The zero-order chi connectivity index (χ0) is 29.7. The van der Waals surface area contributed by atoms with Crippen LogP contribution < -0.4 is 8.91 Å². The molecular formula is C32H44N2O4S. The van der Waals surface area contributed by atoms with E-state index in [0.717, 1.165) is 22.3 Å². The number of carbonyl (C=O) groups is 1. The van der Waals surface area contributed by atoms with Crippen molar-refractivity contribution in [3.63, 3.8) is 0 Å². The fraction of sp³-hybridized carbons (Fsp3) is 0.500. The van der Waals surface area contributed by atoms with Crippen molar-refractivity contribution in [2.24, 2.45) is 0 Å². The summed E-state index contributed by atoms with van der Waals surface area (Å²) < 4.78 is 34.1. The minimum atomic E-state index is -4.45. The smallest absolute Gasteiger partial charge is 0.366 e. The number of rotatable bonds is 11. The summed E-state index contributed by atoms with van der Waals surface area (Å²) in [7, 11) is -4.45. The number of hydrogen-bond donors (Lipinski definition) is 1. The third kappa shape index (κ3) is 8.44. The van der Waals surface area contributed by atoms with Gasteiger partial charge in [0.05, 0.1) is 12.5 Å². The molecule has 0 atom stereocenters. The average molecular weight is 553 g/mol. The summed E-state index contributed by atoms with van der Waals surface area (Å²) in [5.41, 5.74) is 6.35. The summed E-state index contributed by atoms with van der Waals surface area (Å²) in [5.74, 6) is 0.161. The first-order chi connectivity index (χ1) is 18.1. The van der Waals surface area contributed by atoms with Gasteiger partial charge in [-0.25, -0.2) is 4.72 Å². The molecule has 0 aliphatic rings. The maximum atomic E-state index is 13.2. The van der Waals surface area contributed by atoms with E-state index in [9.17, 15) is 13.2 Å². The van der Waals surface area contributed by atoms with Gasteiger partial charge in [-0.3, -0.25) is 4.79 Å². The SMILES string of the molecule is CC(C)c1cc(C(C)C)c(CC(=O)NS(=O)(=O)Oc2c(C(C)C)cc(C=CC#N)cc2C(C)C)c(C(C)C)c1. The molecule has 0 unspecified atom stereocenters. The van der Waals surface area contributed by atoms with Crippen LogP contribution in [0.3, 0.4) is 0 Å². The quantitative estimate of drug-likeness (QED) is 0.287. The van der Waals surface area contributed by atoms with Gasteiger partial charge in [0.25, 0.3) is 0 Å². The predicted octanol–water partition coefficient (Wildman–Crippen LogP) is 7.82. The molecule has 0 spiro atoms. The number of hydrogen-bond acceptors (Lipinski definition) is 5. The van der Waals surface area contributed by atoms with Crippen molar-refractivity contribution in [2.45, 2.75) is 105 Å². The van der Waals surface area contributed by atoms with Gasteiger partial charge >= 0.3 is 10.3 Å². The number of carbonyl (C=O) groups excluding carboxylic acids is 1. The summed E-state index contributed by atoms with van der Waals surface area (Å²) in [6, 6.07) is 9.90. The lowest BCUT2D eigenvalue weighted by Gasteiger charge is -2.23. The van der Waals surface area contributed by atoms with Crippen LogP contribution in [0.5, 0.6) is 5.75 Å². The van der Waals surface area contributed by atoms with E-state index < -0.39 is 16.2 Å². The number of nitriles is 1. The molecule has 212 valence electrons. The van der Waals surface area contributed by atoms with Gasteiger partial charge in [0.15, 0.2) is 5.75 Å². The van der Waals surface area contributed by atoms with Crippen molar-refractivity contribution in [2.75, 3.05) is 0 Å². The van der Waals surface area contributed by atoms with Crippen LogP contribution in [-0.2, 0) is 21.5 Å². The van der Waals surface area contributed by atoms with E-state index in [1.54, 1.807) is 6.08 Å². The molecule has 39 heavy (non-hydrogen) atoms. The lowest BCUT2D eigenvalue weighted by molar-refractivity contribution is -0.118. The molecule has 2 aromatic rings. The van der Waals surface area contributed by atoms with Gasteiger partial charge < -0.3 is 4.18 Å². The topological polar surface area (TPSA) is 96.3 Å². The monoisotopic (exact) mass is 552 g/mol. The fourth-order valence-electron chi connectivity index (χ4n) is 4.66. The average Bonchev–Trinajstić information content (AvgIpc) is 2.81. The lowest BCUT2D eigenvalue weighted by atomic mass is 9.83. The molecule has 2 rings (SSSR count). The molecule has 7 heteroatoms. The van der Waals surface area contributed by atoms with Crippen LogP contribution in [0, 0.1) is 11.3 Å². The molecule has 1 N–H and O–H groups in total. The molecule has 2 aromatic carbocycles. The molecule has 0 fully saturated rings. The molecule has 0 aliphatic carbocycles. The van der Waals surface area contributed by atoms with E-state index in [1.165, 1.54) is 11.6 Å². The van der Waals surface area contributed by atoms with Crippen LogP contribution in [-0.4, -0.2) is 14.3 Å². The first kappa shape index (κ1) is 32.1. The van der Waals surface area contributed by atoms with Gasteiger partial charge in [-0.05, 0) is 86.7 Å². The van der Waals surface area contributed by atoms with Crippen molar-refractivity contribution < 1.29 is 17.4 Å². The number of amides is 1. The predicted molar refractivity (Wildman–Crippen MR) is 159 cm³/mol. The highest BCUT2D eigenvalue weighted by molar-refractivity contribution is 7.85. The van der Waals surface area contributed by atoms with Crippen molar-refractivity contribution in [3.05, 3.63) is 69.3 Å². The zero-order valence-corrected chi connectivity index (χ0v) is 25.9. The van der Waals surface area contributed by atoms with Crippen LogP contribution in [0.1, 0.15) is 138 Å². The largest absolute Gasteiger partial charge is 0.409 e. The van der Waals surface area contributed by atoms with E-state index in [2.05, 4.69) is 58.4 Å². The Hall–Kier alpha value is -3.11. The van der Waals surface area contributed by atoms with Crippen molar-refractivity contribution in [3.8, 4) is 11.8 Å². The first-order valence-electron chi connectivity index (χ1n) is 13.7. The molecule has 1 amide bonds. The first-order valence-corrected chi connectivity index (χ1v) is 15.1. The second-order valence-electron chi connectivity index (χ2n) is 11.7. The van der Waals surface area contributed by atoms with E-state index in [4.69, 9.17) is 9.44 Å².